The lowest BCUT2D eigenvalue weighted by molar-refractivity contribution is -0.131. The smallest absolute Gasteiger partial charge is 0.240 e. The number of nitrogens with zero attached hydrogens (tertiary/aromatic N) is 1. The molecule has 1 aliphatic rings. The Morgan fingerprint density at radius 2 is 1.78 bits per heavy atom. The first-order chi connectivity index (χ1) is 13.0. The van der Waals surface area contributed by atoms with Crippen molar-refractivity contribution in [2.24, 2.45) is 5.41 Å². The van der Waals surface area contributed by atoms with E-state index in [4.69, 9.17) is 14.7 Å². The lowest BCUT2D eigenvalue weighted by Crippen LogP contribution is -2.35. The first kappa shape index (κ1) is 18.3. The van der Waals surface area contributed by atoms with Crippen LogP contribution in [-0.4, -0.2) is 26.0 Å². The number of carbonyl (C=O) groups is 2. The monoisotopic (exact) mass is 365 g/mol. The first-order valence-electron chi connectivity index (χ1n) is 8.37. The fraction of sp³-hybridized carbons (Fsp3) is 0.250. The van der Waals surface area contributed by atoms with E-state index >= 15 is 0 Å². The van der Waals surface area contributed by atoms with Gasteiger partial charge in [0, 0.05) is 11.8 Å². The second-order valence-electron chi connectivity index (χ2n) is 6.25. The number of anilines is 2. The molecule has 7 heteroatoms. The molecular weight excluding hydrogens is 346 g/mol. The van der Waals surface area contributed by atoms with Crippen molar-refractivity contribution >= 4 is 23.2 Å². The fourth-order valence-corrected chi connectivity index (χ4v) is 2.74. The van der Waals surface area contributed by atoms with Crippen LogP contribution in [-0.2, 0) is 9.59 Å². The van der Waals surface area contributed by atoms with Crippen molar-refractivity contribution in [1.82, 2.24) is 0 Å². The number of nitriles is 1. The molecule has 0 heterocycles. The van der Waals surface area contributed by atoms with Crippen LogP contribution >= 0.6 is 0 Å². The minimum absolute atomic E-state index is 0.387. The van der Waals surface area contributed by atoms with Crippen LogP contribution in [0.15, 0.2) is 42.5 Å². The van der Waals surface area contributed by atoms with Gasteiger partial charge in [-0.25, -0.2) is 0 Å². The summed E-state index contributed by atoms with van der Waals surface area (Å²) in [5.41, 5.74) is 0.271. The largest absolute Gasteiger partial charge is 0.497 e. The zero-order valence-corrected chi connectivity index (χ0v) is 15.0. The van der Waals surface area contributed by atoms with Crippen molar-refractivity contribution in [3.05, 3.63) is 48.0 Å². The highest BCUT2D eigenvalue weighted by atomic mass is 16.5. The molecule has 1 fully saturated rings. The van der Waals surface area contributed by atoms with Gasteiger partial charge in [0.15, 0.2) is 0 Å². The molecule has 2 amide bonds. The zero-order chi connectivity index (χ0) is 19.4. The molecule has 27 heavy (non-hydrogen) atoms. The Morgan fingerprint density at radius 1 is 1.04 bits per heavy atom. The average molecular weight is 365 g/mol. The van der Waals surface area contributed by atoms with E-state index in [0.717, 1.165) is 0 Å². The molecule has 0 bridgehead atoms. The van der Waals surface area contributed by atoms with Crippen LogP contribution in [0.5, 0.6) is 11.5 Å². The van der Waals surface area contributed by atoms with Crippen molar-refractivity contribution < 1.29 is 19.1 Å². The van der Waals surface area contributed by atoms with E-state index in [1.807, 2.05) is 6.07 Å². The molecule has 0 spiro atoms. The molecule has 0 saturated heterocycles. The lowest BCUT2D eigenvalue weighted by atomic mass is 10.0. The predicted molar refractivity (Wildman–Crippen MR) is 99.6 cm³/mol. The third kappa shape index (κ3) is 3.70. The standard InChI is InChI=1S/C20H19N3O4/c1-26-15-6-7-16(17(11-15)27-2)23-19(25)20(8-9-20)18(24)22-14-5-3-4-13(10-14)12-21/h3-7,10-11H,8-9H2,1-2H3,(H,22,24)(H,23,25). The number of hydrogen-bond donors (Lipinski definition) is 2. The molecule has 2 aromatic carbocycles. The van der Waals surface area contributed by atoms with Crippen molar-refractivity contribution in [2.75, 3.05) is 24.9 Å². The lowest BCUT2D eigenvalue weighted by Gasteiger charge is -2.17. The Morgan fingerprint density at radius 3 is 2.41 bits per heavy atom. The second-order valence-corrected chi connectivity index (χ2v) is 6.25. The van der Waals surface area contributed by atoms with Gasteiger partial charge in [-0.1, -0.05) is 6.07 Å². The van der Waals surface area contributed by atoms with Crippen LogP contribution in [0.25, 0.3) is 0 Å². The van der Waals surface area contributed by atoms with E-state index in [2.05, 4.69) is 10.6 Å². The van der Waals surface area contributed by atoms with Gasteiger partial charge in [-0.3, -0.25) is 9.59 Å². The molecular formula is C20H19N3O4. The van der Waals surface area contributed by atoms with Gasteiger partial charge in [0.25, 0.3) is 0 Å². The molecule has 0 unspecified atom stereocenters. The highest BCUT2D eigenvalue weighted by Gasteiger charge is 2.56. The Bertz CT molecular complexity index is 929. The Balaban J connectivity index is 1.74. The summed E-state index contributed by atoms with van der Waals surface area (Å²) in [6.07, 6.45) is 0.919. The van der Waals surface area contributed by atoms with Gasteiger partial charge in [-0.15, -0.1) is 0 Å². The van der Waals surface area contributed by atoms with E-state index in [0.29, 0.717) is 41.3 Å². The van der Waals surface area contributed by atoms with Crippen LogP contribution in [0.4, 0.5) is 11.4 Å². The Kier molecular flexibility index (Phi) is 4.99. The molecule has 0 atom stereocenters. The summed E-state index contributed by atoms with van der Waals surface area (Å²) >= 11 is 0. The van der Waals surface area contributed by atoms with Crippen molar-refractivity contribution in [2.45, 2.75) is 12.8 Å². The molecule has 138 valence electrons. The molecule has 1 saturated carbocycles. The summed E-state index contributed by atoms with van der Waals surface area (Å²) < 4.78 is 10.4. The number of nitrogens with one attached hydrogen (secondary N) is 2. The summed E-state index contributed by atoms with van der Waals surface area (Å²) in [7, 11) is 3.03. The highest BCUT2D eigenvalue weighted by Crippen LogP contribution is 2.48. The second kappa shape index (κ2) is 7.38. The maximum Gasteiger partial charge on any atom is 0.240 e. The number of benzene rings is 2. The third-order valence-electron chi connectivity index (χ3n) is 4.53. The predicted octanol–water partition coefficient (Wildman–Crippen LogP) is 2.93. The van der Waals surface area contributed by atoms with Gasteiger partial charge in [0.1, 0.15) is 16.9 Å². The summed E-state index contributed by atoms with van der Waals surface area (Å²) in [6.45, 7) is 0. The maximum absolute atomic E-state index is 12.8. The Labute approximate surface area is 156 Å². The normalized spacial score (nSPS) is 13.8. The van der Waals surface area contributed by atoms with E-state index in [1.165, 1.54) is 14.2 Å². The molecule has 2 N–H and O–H groups in total. The Hall–Kier alpha value is -3.53. The summed E-state index contributed by atoms with van der Waals surface area (Å²) in [6, 6.07) is 13.6. The van der Waals surface area contributed by atoms with Crippen LogP contribution in [0.1, 0.15) is 18.4 Å². The summed E-state index contributed by atoms with van der Waals surface area (Å²) in [5.74, 6) is 0.268. The number of hydrogen-bond acceptors (Lipinski definition) is 5. The van der Waals surface area contributed by atoms with Crippen LogP contribution in [0, 0.1) is 16.7 Å². The van der Waals surface area contributed by atoms with Gasteiger partial charge in [-0.05, 0) is 43.2 Å². The van der Waals surface area contributed by atoms with E-state index in [1.54, 1.807) is 42.5 Å². The summed E-state index contributed by atoms with van der Waals surface area (Å²) in [4.78, 5) is 25.4. The van der Waals surface area contributed by atoms with Crippen LogP contribution in [0.3, 0.4) is 0 Å². The van der Waals surface area contributed by atoms with Crippen molar-refractivity contribution in [3.8, 4) is 17.6 Å². The van der Waals surface area contributed by atoms with Gasteiger partial charge in [0.05, 0.1) is 31.5 Å². The van der Waals surface area contributed by atoms with E-state index < -0.39 is 5.41 Å². The van der Waals surface area contributed by atoms with E-state index in [9.17, 15) is 9.59 Å². The molecule has 1 aliphatic carbocycles. The molecule has 0 radical (unpaired) electrons. The highest BCUT2D eigenvalue weighted by molar-refractivity contribution is 6.17. The number of methoxy groups -OCH3 is 2. The molecule has 0 aliphatic heterocycles. The third-order valence-corrected chi connectivity index (χ3v) is 4.53. The number of ether oxygens (including phenoxy) is 2. The van der Waals surface area contributed by atoms with Crippen LogP contribution < -0.4 is 20.1 Å². The van der Waals surface area contributed by atoms with E-state index in [-0.39, 0.29) is 11.8 Å². The SMILES string of the molecule is COc1ccc(NC(=O)C2(C(=O)Nc3cccc(C#N)c3)CC2)c(OC)c1. The van der Waals surface area contributed by atoms with Crippen molar-refractivity contribution in [1.29, 1.82) is 5.26 Å². The van der Waals surface area contributed by atoms with Gasteiger partial charge in [0.2, 0.25) is 11.8 Å². The fourth-order valence-electron chi connectivity index (χ4n) is 2.74. The average Bonchev–Trinajstić information content (AvgIpc) is 3.50. The van der Waals surface area contributed by atoms with Crippen LogP contribution in [0.2, 0.25) is 0 Å². The van der Waals surface area contributed by atoms with Gasteiger partial charge >= 0.3 is 0 Å². The first-order valence-corrected chi connectivity index (χ1v) is 8.37. The molecule has 3 rings (SSSR count). The topological polar surface area (TPSA) is 100 Å². The molecule has 0 aromatic heterocycles. The maximum atomic E-state index is 12.8. The molecule has 7 nitrogen and oxygen atoms in total. The molecule has 2 aromatic rings. The van der Waals surface area contributed by atoms with Crippen molar-refractivity contribution in [3.63, 3.8) is 0 Å². The minimum Gasteiger partial charge on any atom is -0.497 e. The zero-order valence-electron chi connectivity index (χ0n) is 15.0. The number of carbonyl (C=O) groups excluding carboxylic acids is 2. The minimum atomic E-state index is -1.12. The summed E-state index contributed by atoms with van der Waals surface area (Å²) in [5, 5.41) is 14.5. The van der Waals surface area contributed by atoms with Gasteiger partial charge < -0.3 is 20.1 Å². The number of amides is 2. The quantitative estimate of drug-likeness (QED) is 0.767. The number of rotatable bonds is 6. The van der Waals surface area contributed by atoms with Gasteiger partial charge in [-0.2, -0.15) is 5.26 Å².